The topological polar surface area (TPSA) is 83.1 Å². The van der Waals surface area contributed by atoms with E-state index in [-0.39, 0.29) is 17.4 Å². The molecule has 0 radical (unpaired) electrons. The molecule has 1 amide bonds. The van der Waals surface area contributed by atoms with E-state index in [1.54, 1.807) is 48.8 Å². The van der Waals surface area contributed by atoms with Crippen LogP contribution in [0, 0.1) is 0 Å². The quantitative estimate of drug-likeness (QED) is 0.278. The first-order chi connectivity index (χ1) is 14.5. The SMILES string of the molecule is CC(=O)c1ccc(NC(=S)Nc2cccc(SCC(=O)Nc3ccncc3)c2)cc1. The van der Waals surface area contributed by atoms with Crippen molar-refractivity contribution in [3.63, 3.8) is 0 Å². The fourth-order valence-corrected chi connectivity index (χ4v) is 3.52. The fourth-order valence-electron chi connectivity index (χ4n) is 2.53. The molecule has 3 aromatic rings. The molecule has 1 heterocycles. The Morgan fingerprint density at radius 2 is 1.57 bits per heavy atom. The van der Waals surface area contributed by atoms with Crippen LogP contribution in [0.4, 0.5) is 17.1 Å². The van der Waals surface area contributed by atoms with E-state index in [0.29, 0.717) is 10.7 Å². The van der Waals surface area contributed by atoms with Gasteiger partial charge < -0.3 is 16.0 Å². The largest absolute Gasteiger partial charge is 0.332 e. The number of rotatable bonds is 7. The summed E-state index contributed by atoms with van der Waals surface area (Å²) in [6.45, 7) is 1.53. The number of hydrogen-bond donors (Lipinski definition) is 3. The Morgan fingerprint density at radius 3 is 2.27 bits per heavy atom. The van der Waals surface area contributed by atoms with Gasteiger partial charge in [-0.3, -0.25) is 14.6 Å². The summed E-state index contributed by atoms with van der Waals surface area (Å²) >= 11 is 6.79. The lowest BCUT2D eigenvalue weighted by Gasteiger charge is -2.12. The standard InChI is InChI=1S/C22H20N4O2S2/c1-15(27)16-5-7-17(8-6-16)25-22(29)26-19-3-2-4-20(13-19)30-14-21(28)24-18-9-11-23-12-10-18/h2-13H,14H2,1H3,(H,23,24,28)(H2,25,26,29). The van der Waals surface area contributed by atoms with E-state index in [0.717, 1.165) is 22.0 Å². The number of thiocarbonyl (C=S) groups is 1. The number of nitrogens with zero attached hydrogens (tertiary/aromatic N) is 1. The van der Waals surface area contributed by atoms with Gasteiger partial charge >= 0.3 is 0 Å². The summed E-state index contributed by atoms with van der Waals surface area (Å²) in [6, 6.07) is 18.3. The number of amides is 1. The van der Waals surface area contributed by atoms with Crippen molar-refractivity contribution in [3.05, 3.63) is 78.6 Å². The summed E-state index contributed by atoms with van der Waals surface area (Å²) in [5.74, 6) is 0.221. The van der Waals surface area contributed by atoms with Crippen LogP contribution in [0.1, 0.15) is 17.3 Å². The van der Waals surface area contributed by atoms with Gasteiger partial charge in [0.15, 0.2) is 10.9 Å². The zero-order valence-electron chi connectivity index (χ0n) is 16.2. The normalized spacial score (nSPS) is 10.2. The van der Waals surface area contributed by atoms with Crippen molar-refractivity contribution >= 4 is 57.8 Å². The molecule has 0 aliphatic rings. The smallest absolute Gasteiger partial charge is 0.234 e. The molecule has 1 aromatic heterocycles. The molecular weight excluding hydrogens is 416 g/mol. The van der Waals surface area contributed by atoms with Crippen LogP contribution in [-0.4, -0.2) is 27.5 Å². The molecule has 6 nitrogen and oxygen atoms in total. The van der Waals surface area contributed by atoms with Crippen molar-refractivity contribution in [2.45, 2.75) is 11.8 Å². The summed E-state index contributed by atoms with van der Waals surface area (Å²) in [5, 5.41) is 9.48. The highest BCUT2D eigenvalue weighted by atomic mass is 32.2. The molecule has 0 aliphatic heterocycles. The molecule has 0 unspecified atom stereocenters. The van der Waals surface area contributed by atoms with E-state index >= 15 is 0 Å². The second-order valence-electron chi connectivity index (χ2n) is 6.31. The van der Waals surface area contributed by atoms with E-state index in [2.05, 4.69) is 20.9 Å². The van der Waals surface area contributed by atoms with Crippen molar-refractivity contribution in [3.8, 4) is 0 Å². The molecule has 152 valence electrons. The van der Waals surface area contributed by atoms with Gasteiger partial charge in [-0.1, -0.05) is 6.07 Å². The molecule has 8 heteroatoms. The first-order valence-electron chi connectivity index (χ1n) is 9.11. The predicted octanol–water partition coefficient (Wildman–Crippen LogP) is 4.82. The lowest BCUT2D eigenvalue weighted by molar-refractivity contribution is -0.113. The minimum absolute atomic E-state index is 0.0195. The number of carbonyl (C=O) groups is 2. The Balaban J connectivity index is 1.51. The van der Waals surface area contributed by atoms with Gasteiger partial charge in [0.1, 0.15) is 0 Å². The first kappa shape index (κ1) is 21.5. The number of benzene rings is 2. The Kier molecular flexibility index (Phi) is 7.53. The van der Waals surface area contributed by atoms with Gasteiger partial charge in [-0.05, 0) is 73.7 Å². The molecule has 0 aliphatic carbocycles. The van der Waals surface area contributed by atoms with Crippen LogP contribution in [-0.2, 0) is 4.79 Å². The number of thioether (sulfide) groups is 1. The fraction of sp³-hybridized carbons (Fsp3) is 0.0909. The third-order valence-electron chi connectivity index (χ3n) is 3.98. The number of pyridine rings is 1. The van der Waals surface area contributed by atoms with Crippen LogP contribution in [0.5, 0.6) is 0 Å². The zero-order valence-corrected chi connectivity index (χ0v) is 17.8. The molecule has 0 bridgehead atoms. The summed E-state index contributed by atoms with van der Waals surface area (Å²) in [4.78, 5) is 28.3. The van der Waals surface area contributed by atoms with Gasteiger partial charge in [-0.15, -0.1) is 11.8 Å². The van der Waals surface area contributed by atoms with Crippen LogP contribution < -0.4 is 16.0 Å². The molecule has 0 saturated carbocycles. The highest BCUT2D eigenvalue weighted by Gasteiger charge is 2.06. The average molecular weight is 437 g/mol. The molecule has 2 aromatic carbocycles. The van der Waals surface area contributed by atoms with Gasteiger partial charge in [0, 0.05) is 39.9 Å². The zero-order chi connectivity index (χ0) is 21.3. The number of aromatic nitrogens is 1. The third-order valence-corrected chi connectivity index (χ3v) is 5.17. The van der Waals surface area contributed by atoms with Crippen LogP contribution >= 0.6 is 24.0 Å². The molecular formula is C22H20N4O2S2. The summed E-state index contributed by atoms with van der Waals surface area (Å²) in [7, 11) is 0. The number of Topliss-reactive ketones (excluding diaryl/α,β-unsaturated/α-hetero) is 1. The number of ketones is 1. The van der Waals surface area contributed by atoms with Crippen LogP contribution in [0.25, 0.3) is 0 Å². The van der Waals surface area contributed by atoms with Crippen molar-refractivity contribution in [1.82, 2.24) is 4.98 Å². The Hall–Kier alpha value is -3.23. The van der Waals surface area contributed by atoms with Crippen molar-refractivity contribution < 1.29 is 9.59 Å². The molecule has 0 fully saturated rings. The van der Waals surface area contributed by atoms with Crippen molar-refractivity contribution in [2.24, 2.45) is 0 Å². The maximum absolute atomic E-state index is 12.1. The van der Waals surface area contributed by atoms with Gasteiger partial charge in [0.2, 0.25) is 5.91 Å². The molecule has 0 atom stereocenters. The van der Waals surface area contributed by atoms with E-state index in [1.165, 1.54) is 18.7 Å². The lowest BCUT2D eigenvalue weighted by Crippen LogP contribution is -2.19. The van der Waals surface area contributed by atoms with Gasteiger partial charge in [0.25, 0.3) is 0 Å². The maximum Gasteiger partial charge on any atom is 0.234 e. The van der Waals surface area contributed by atoms with E-state index < -0.39 is 0 Å². The second kappa shape index (κ2) is 10.5. The average Bonchev–Trinajstić information content (AvgIpc) is 2.73. The molecule has 3 rings (SSSR count). The van der Waals surface area contributed by atoms with Gasteiger partial charge in [-0.25, -0.2) is 0 Å². The first-order valence-corrected chi connectivity index (χ1v) is 10.5. The molecule has 3 N–H and O–H groups in total. The summed E-state index contributed by atoms with van der Waals surface area (Å²) in [6.07, 6.45) is 3.26. The Morgan fingerprint density at radius 1 is 0.900 bits per heavy atom. The number of nitrogens with one attached hydrogen (secondary N) is 3. The van der Waals surface area contributed by atoms with E-state index in [9.17, 15) is 9.59 Å². The van der Waals surface area contributed by atoms with E-state index in [4.69, 9.17) is 12.2 Å². The third kappa shape index (κ3) is 6.68. The van der Waals surface area contributed by atoms with Crippen LogP contribution in [0.15, 0.2) is 78.0 Å². The van der Waals surface area contributed by atoms with Crippen molar-refractivity contribution in [2.75, 3.05) is 21.7 Å². The maximum atomic E-state index is 12.1. The number of carbonyl (C=O) groups excluding carboxylic acids is 2. The molecule has 0 spiro atoms. The molecule has 30 heavy (non-hydrogen) atoms. The minimum atomic E-state index is -0.0873. The Bertz CT molecular complexity index is 1040. The highest BCUT2D eigenvalue weighted by Crippen LogP contribution is 2.22. The Labute approximate surface area is 184 Å². The number of hydrogen-bond acceptors (Lipinski definition) is 5. The van der Waals surface area contributed by atoms with E-state index in [1.807, 2.05) is 24.3 Å². The highest BCUT2D eigenvalue weighted by molar-refractivity contribution is 8.00. The number of anilines is 3. The van der Waals surface area contributed by atoms with Crippen LogP contribution in [0.2, 0.25) is 0 Å². The van der Waals surface area contributed by atoms with Gasteiger partial charge in [-0.2, -0.15) is 0 Å². The minimum Gasteiger partial charge on any atom is -0.332 e. The predicted molar refractivity (Wildman–Crippen MR) is 126 cm³/mol. The summed E-state index contributed by atoms with van der Waals surface area (Å²) < 4.78 is 0. The van der Waals surface area contributed by atoms with Crippen LogP contribution in [0.3, 0.4) is 0 Å². The summed E-state index contributed by atoms with van der Waals surface area (Å²) in [5.41, 5.74) is 2.97. The second-order valence-corrected chi connectivity index (χ2v) is 7.77. The lowest BCUT2D eigenvalue weighted by atomic mass is 10.1. The van der Waals surface area contributed by atoms with Crippen molar-refractivity contribution in [1.29, 1.82) is 0 Å². The monoisotopic (exact) mass is 436 g/mol. The van der Waals surface area contributed by atoms with Gasteiger partial charge in [0.05, 0.1) is 5.75 Å². The molecule has 0 saturated heterocycles.